The first-order valence-electron chi connectivity index (χ1n) is 9.94. The number of thiophene rings is 1. The van der Waals surface area contributed by atoms with Gasteiger partial charge in [-0.15, -0.1) is 21.5 Å². The molecule has 0 radical (unpaired) electrons. The Morgan fingerprint density at radius 3 is 2.77 bits per heavy atom. The molecule has 6 rings (SSSR count). The van der Waals surface area contributed by atoms with E-state index < -0.39 is 0 Å². The molecule has 4 heterocycles. The Bertz CT molecular complexity index is 1420. The molecule has 0 atom stereocenters. The van der Waals surface area contributed by atoms with Crippen LogP contribution in [0.25, 0.3) is 16.7 Å². The van der Waals surface area contributed by atoms with Crippen molar-refractivity contribution in [2.45, 2.75) is 35.6 Å². The molecular formula is C21H17N7OS2. The van der Waals surface area contributed by atoms with E-state index in [0.717, 1.165) is 35.9 Å². The summed E-state index contributed by atoms with van der Waals surface area (Å²) in [5.74, 6) is 0.949. The third-order valence-corrected chi connectivity index (χ3v) is 6.89. The van der Waals surface area contributed by atoms with Crippen molar-refractivity contribution in [3.63, 3.8) is 0 Å². The molecule has 0 spiro atoms. The average Bonchev–Trinajstić information content (AvgIpc) is 3.14. The first kappa shape index (κ1) is 18.5. The number of para-hydroxylation sites is 1. The molecular weight excluding hydrogens is 430 g/mol. The topological polar surface area (TPSA) is 94.3 Å². The zero-order chi connectivity index (χ0) is 20.8. The Morgan fingerprint density at radius 2 is 2.00 bits per heavy atom. The van der Waals surface area contributed by atoms with Gasteiger partial charge in [-0.2, -0.15) is 5.10 Å². The molecule has 0 bridgehead atoms. The molecule has 0 aliphatic heterocycles. The van der Waals surface area contributed by atoms with E-state index in [9.17, 15) is 4.79 Å². The highest BCUT2D eigenvalue weighted by molar-refractivity contribution is 7.99. The predicted octanol–water partition coefficient (Wildman–Crippen LogP) is 3.84. The number of aromatic nitrogens is 7. The van der Waals surface area contributed by atoms with Gasteiger partial charge in [0.1, 0.15) is 11.2 Å². The van der Waals surface area contributed by atoms with Crippen LogP contribution in [0.4, 0.5) is 0 Å². The number of nitrogens with one attached hydrogen (secondary N) is 1. The van der Waals surface area contributed by atoms with Gasteiger partial charge < -0.3 is 9.55 Å². The SMILES string of the molecule is O=c1[nH]c(Sc2nnc(Cc3cccs3)n2C2CC2)nc2c1cnn2-c1ccccc1. The summed E-state index contributed by atoms with van der Waals surface area (Å²) < 4.78 is 3.88. The molecule has 8 nitrogen and oxygen atoms in total. The number of nitrogens with zero attached hydrogens (tertiary/aromatic N) is 6. The Morgan fingerprint density at radius 1 is 1.13 bits per heavy atom. The van der Waals surface area contributed by atoms with Crippen molar-refractivity contribution in [2.24, 2.45) is 0 Å². The first-order valence-corrected chi connectivity index (χ1v) is 11.6. The smallest absolute Gasteiger partial charge is 0.262 e. The third kappa shape index (κ3) is 3.47. The molecule has 0 unspecified atom stereocenters. The Labute approximate surface area is 185 Å². The van der Waals surface area contributed by atoms with Crippen LogP contribution in [0.2, 0.25) is 0 Å². The maximum absolute atomic E-state index is 12.7. The molecule has 5 aromatic rings. The van der Waals surface area contributed by atoms with E-state index in [1.54, 1.807) is 22.2 Å². The molecule has 4 aromatic heterocycles. The van der Waals surface area contributed by atoms with Gasteiger partial charge in [0.15, 0.2) is 16.0 Å². The summed E-state index contributed by atoms with van der Waals surface area (Å²) >= 11 is 3.06. The lowest BCUT2D eigenvalue weighted by Gasteiger charge is -2.08. The quantitative estimate of drug-likeness (QED) is 0.398. The largest absolute Gasteiger partial charge is 0.302 e. The maximum atomic E-state index is 12.7. The van der Waals surface area contributed by atoms with E-state index in [1.807, 2.05) is 36.4 Å². The second-order valence-corrected chi connectivity index (χ2v) is 9.35. The minimum Gasteiger partial charge on any atom is -0.302 e. The normalized spacial score (nSPS) is 13.8. The van der Waals surface area contributed by atoms with Crippen LogP contribution in [-0.4, -0.2) is 34.5 Å². The van der Waals surface area contributed by atoms with E-state index in [1.165, 1.54) is 16.6 Å². The van der Waals surface area contributed by atoms with Crippen molar-refractivity contribution in [1.82, 2.24) is 34.5 Å². The lowest BCUT2D eigenvalue weighted by Crippen LogP contribution is -2.10. The lowest BCUT2D eigenvalue weighted by atomic mass is 10.3. The minimum atomic E-state index is -0.217. The van der Waals surface area contributed by atoms with E-state index in [-0.39, 0.29) is 5.56 Å². The molecule has 0 amide bonds. The summed E-state index contributed by atoms with van der Waals surface area (Å²) in [7, 11) is 0. The van der Waals surface area contributed by atoms with Crippen molar-refractivity contribution in [3.8, 4) is 5.69 Å². The molecule has 1 aliphatic rings. The van der Waals surface area contributed by atoms with E-state index >= 15 is 0 Å². The summed E-state index contributed by atoms with van der Waals surface area (Å²) in [5, 5.41) is 17.0. The van der Waals surface area contributed by atoms with Crippen LogP contribution in [-0.2, 0) is 6.42 Å². The van der Waals surface area contributed by atoms with Gasteiger partial charge >= 0.3 is 0 Å². The fourth-order valence-corrected chi connectivity index (χ4v) is 5.14. The summed E-state index contributed by atoms with van der Waals surface area (Å²) in [4.78, 5) is 21.5. The summed E-state index contributed by atoms with van der Waals surface area (Å²) in [5.41, 5.74) is 1.16. The van der Waals surface area contributed by atoms with Crippen LogP contribution in [0, 0.1) is 0 Å². The number of hydrogen-bond acceptors (Lipinski definition) is 7. The van der Waals surface area contributed by atoms with Crippen LogP contribution < -0.4 is 5.56 Å². The number of H-pyrrole nitrogens is 1. The number of aromatic amines is 1. The highest BCUT2D eigenvalue weighted by Crippen LogP contribution is 2.40. The highest BCUT2D eigenvalue weighted by atomic mass is 32.2. The second kappa shape index (κ2) is 7.47. The number of hydrogen-bond donors (Lipinski definition) is 1. The highest BCUT2D eigenvalue weighted by Gasteiger charge is 2.30. The lowest BCUT2D eigenvalue weighted by molar-refractivity contribution is 0.634. The molecule has 0 saturated heterocycles. The molecule has 10 heteroatoms. The zero-order valence-corrected chi connectivity index (χ0v) is 17.9. The third-order valence-electron chi connectivity index (χ3n) is 5.16. The van der Waals surface area contributed by atoms with Crippen LogP contribution in [0.3, 0.4) is 0 Å². The average molecular weight is 448 g/mol. The van der Waals surface area contributed by atoms with Crippen LogP contribution in [0.5, 0.6) is 0 Å². The van der Waals surface area contributed by atoms with Crippen molar-refractivity contribution in [2.75, 3.05) is 0 Å². The van der Waals surface area contributed by atoms with Crippen LogP contribution in [0.1, 0.15) is 29.6 Å². The molecule has 31 heavy (non-hydrogen) atoms. The standard InChI is InChI=1S/C21H17N7OS2/c29-19-16-12-22-28(14-5-2-1-3-6-14)18(16)23-20(24-19)31-21-26-25-17(27(21)13-8-9-13)11-15-7-4-10-30-15/h1-7,10,12-13H,8-9,11H2,(H,23,24,29). The summed E-state index contributed by atoms with van der Waals surface area (Å²) in [6, 6.07) is 14.2. The minimum absolute atomic E-state index is 0.217. The van der Waals surface area contributed by atoms with Gasteiger partial charge in [0.25, 0.3) is 5.56 Å². The Balaban J connectivity index is 1.39. The zero-order valence-electron chi connectivity index (χ0n) is 16.3. The van der Waals surface area contributed by atoms with Crippen LogP contribution in [0.15, 0.2) is 69.1 Å². The van der Waals surface area contributed by atoms with Crippen LogP contribution >= 0.6 is 23.1 Å². The molecule has 1 fully saturated rings. The van der Waals surface area contributed by atoms with Crippen molar-refractivity contribution < 1.29 is 0 Å². The summed E-state index contributed by atoms with van der Waals surface area (Å²) in [6.45, 7) is 0. The van der Waals surface area contributed by atoms with Gasteiger partial charge in [-0.1, -0.05) is 24.3 Å². The van der Waals surface area contributed by atoms with Gasteiger partial charge in [0.2, 0.25) is 0 Å². The molecule has 1 saturated carbocycles. The maximum Gasteiger partial charge on any atom is 0.262 e. The van der Waals surface area contributed by atoms with Gasteiger partial charge in [-0.3, -0.25) is 4.79 Å². The predicted molar refractivity (Wildman–Crippen MR) is 119 cm³/mol. The number of rotatable bonds is 6. The first-order chi connectivity index (χ1) is 15.3. The van der Waals surface area contributed by atoms with E-state index in [4.69, 9.17) is 4.98 Å². The molecule has 1 aliphatic carbocycles. The summed E-state index contributed by atoms with van der Waals surface area (Å²) in [6.07, 6.45) is 4.54. The fourth-order valence-electron chi connectivity index (χ4n) is 3.56. The number of benzene rings is 1. The van der Waals surface area contributed by atoms with Crippen molar-refractivity contribution in [1.29, 1.82) is 0 Å². The van der Waals surface area contributed by atoms with Gasteiger partial charge in [-0.05, 0) is 48.2 Å². The second-order valence-electron chi connectivity index (χ2n) is 7.36. The molecule has 1 N–H and O–H groups in total. The van der Waals surface area contributed by atoms with Crippen molar-refractivity contribution >= 4 is 34.1 Å². The Kier molecular flexibility index (Phi) is 4.46. The molecule has 1 aromatic carbocycles. The van der Waals surface area contributed by atoms with E-state index in [2.05, 4.69) is 36.3 Å². The monoisotopic (exact) mass is 447 g/mol. The number of fused-ring (bicyclic) bond motifs is 1. The fraction of sp³-hybridized carbons (Fsp3) is 0.190. The van der Waals surface area contributed by atoms with Crippen molar-refractivity contribution in [3.05, 3.63) is 75.1 Å². The Hall–Kier alpha value is -3.24. The van der Waals surface area contributed by atoms with E-state index in [0.29, 0.717) is 22.2 Å². The van der Waals surface area contributed by atoms with Gasteiger partial charge in [0, 0.05) is 17.3 Å². The van der Waals surface area contributed by atoms with Gasteiger partial charge in [-0.25, -0.2) is 9.67 Å². The van der Waals surface area contributed by atoms with Gasteiger partial charge in [0.05, 0.1) is 11.9 Å². The molecule has 154 valence electrons.